The van der Waals surface area contributed by atoms with Crippen LogP contribution in [0.4, 0.5) is 21.4 Å². The van der Waals surface area contributed by atoms with Gasteiger partial charge in [-0.05, 0) is 6.42 Å². The summed E-state index contributed by atoms with van der Waals surface area (Å²) >= 11 is 0. The molecule has 0 aliphatic heterocycles. The normalized spacial score (nSPS) is 15.9. The number of ether oxygens (including phenoxy) is 1. The second kappa shape index (κ2) is 6.49. The van der Waals surface area contributed by atoms with Crippen molar-refractivity contribution in [1.29, 1.82) is 0 Å². The monoisotopic (exact) mass is 312 g/mol. The summed E-state index contributed by atoms with van der Waals surface area (Å²) in [4.78, 5) is 10.9. The number of esters is 1. The Balaban J connectivity index is 4.80. The van der Waals surface area contributed by atoms with E-state index in [1.165, 1.54) is 0 Å². The van der Waals surface area contributed by atoms with Crippen molar-refractivity contribution in [3.63, 3.8) is 0 Å². The SMILES string of the molecule is CCCCCCOC(=O)[C@@](F)(C(F)(F)F)S(=O)(=O)F. The van der Waals surface area contributed by atoms with E-state index >= 15 is 0 Å². The lowest BCUT2D eigenvalue weighted by molar-refractivity contribution is -0.214. The Morgan fingerprint density at radius 1 is 1.11 bits per heavy atom. The van der Waals surface area contributed by atoms with Gasteiger partial charge in [0.2, 0.25) is 0 Å². The molecule has 0 amide bonds. The summed E-state index contributed by atoms with van der Waals surface area (Å²) in [5.74, 6) is -2.81. The van der Waals surface area contributed by atoms with Gasteiger partial charge in [-0.2, -0.15) is 21.6 Å². The van der Waals surface area contributed by atoms with E-state index in [0.717, 1.165) is 6.42 Å². The number of unbranched alkanes of at least 4 members (excludes halogenated alkanes) is 3. The summed E-state index contributed by atoms with van der Waals surface area (Å²) < 4.78 is 86.4. The minimum absolute atomic E-state index is 0.125. The molecule has 4 nitrogen and oxygen atoms in total. The molecule has 0 heterocycles. The molecule has 0 fully saturated rings. The van der Waals surface area contributed by atoms with E-state index in [9.17, 15) is 34.7 Å². The molecule has 0 radical (unpaired) electrons. The zero-order valence-electron chi connectivity index (χ0n) is 9.97. The van der Waals surface area contributed by atoms with Crippen LogP contribution in [-0.4, -0.2) is 32.2 Å². The molecule has 0 saturated carbocycles. The molecule has 0 bridgehead atoms. The molecule has 0 N–H and O–H groups in total. The molecule has 10 heteroatoms. The zero-order chi connectivity index (χ0) is 15.3. The maximum Gasteiger partial charge on any atom is 0.451 e. The van der Waals surface area contributed by atoms with Crippen LogP contribution in [0.3, 0.4) is 0 Å². The van der Waals surface area contributed by atoms with Gasteiger partial charge in [0.05, 0.1) is 6.61 Å². The van der Waals surface area contributed by atoms with Crippen molar-refractivity contribution >= 4 is 16.2 Å². The molecule has 19 heavy (non-hydrogen) atoms. The van der Waals surface area contributed by atoms with Crippen LogP contribution in [0.1, 0.15) is 32.6 Å². The fourth-order valence-corrected chi connectivity index (χ4v) is 1.67. The van der Waals surface area contributed by atoms with Crippen LogP contribution < -0.4 is 0 Å². The van der Waals surface area contributed by atoms with E-state index in [-0.39, 0.29) is 6.42 Å². The molecular formula is C9H13F5O4S. The molecule has 114 valence electrons. The number of hydrogen-bond donors (Lipinski definition) is 0. The third kappa shape index (κ3) is 4.29. The van der Waals surface area contributed by atoms with Crippen LogP contribution in [0, 0.1) is 0 Å². The molecule has 0 aromatic carbocycles. The van der Waals surface area contributed by atoms with Crippen LogP contribution in [0.15, 0.2) is 0 Å². The summed E-state index contributed by atoms with van der Waals surface area (Å²) in [7, 11) is -6.83. The van der Waals surface area contributed by atoms with Crippen LogP contribution in [0.5, 0.6) is 0 Å². The first-order chi connectivity index (χ1) is 8.48. The Bertz CT molecular complexity index is 405. The van der Waals surface area contributed by atoms with Crippen molar-refractivity contribution in [2.45, 2.75) is 43.8 Å². The topological polar surface area (TPSA) is 60.4 Å². The van der Waals surface area contributed by atoms with Gasteiger partial charge in [-0.25, -0.2) is 9.18 Å². The molecule has 0 aliphatic carbocycles. The number of halogens is 5. The van der Waals surface area contributed by atoms with Gasteiger partial charge in [0.15, 0.2) is 0 Å². The third-order valence-corrected chi connectivity index (χ3v) is 3.26. The fourth-order valence-electron chi connectivity index (χ4n) is 1.14. The van der Waals surface area contributed by atoms with Crippen molar-refractivity contribution < 1.29 is 39.4 Å². The van der Waals surface area contributed by atoms with Gasteiger partial charge in [-0.3, -0.25) is 0 Å². The highest BCUT2D eigenvalue weighted by atomic mass is 32.3. The Hall–Kier alpha value is -0.930. The number of hydrogen-bond acceptors (Lipinski definition) is 4. The summed E-state index contributed by atoms with van der Waals surface area (Å²) in [6, 6.07) is 0. The lowest BCUT2D eigenvalue weighted by Gasteiger charge is -2.21. The highest BCUT2D eigenvalue weighted by Crippen LogP contribution is 2.40. The quantitative estimate of drug-likeness (QED) is 0.314. The molecule has 0 rings (SSSR count). The molecule has 0 aromatic rings. The second-order valence-electron chi connectivity index (χ2n) is 3.73. The van der Waals surface area contributed by atoms with Gasteiger partial charge in [0, 0.05) is 0 Å². The largest absolute Gasteiger partial charge is 0.462 e. The van der Waals surface area contributed by atoms with Crippen molar-refractivity contribution in [2.75, 3.05) is 6.61 Å². The van der Waals surface area contributed by atoms with Gasteiger partial charge in [0.25, 0.3) is 0 Å². The first-order valence-electron chi connectivity index (χ1n) is 5.35. The Labute approximate surface area is 107 Å². The Morgan fingerprint density at radius 3 is 2.00 bits per heavy atom. The summed E-state index contributed by atoms with van der Waals surface area (Å²) in [6.45, 7) is 1.23. The predicted octanol–water partition coefficient (Wildman–Crippen LogP) is 2.64. The molecule has 0 saturated heterocycles. The van der Waals surface area contributed by atoms with E-state index in [2.05, 4.69) is 4.74 Å². The molecular weight excluding hydrogens is 299 g/mol. The minimum Gasteiger partial charge on any atom is -0.462 e. The summed E-state index contributed by atoms with van der Waals surface area (Å²) in [5, 5.41) is -5.68. The van der Waals surface area contributed by atoms with E-state index < -0.39 is 34.0 Å². The lowest BCUT2D eigenvalue weighted by Crippen LogP contribution is -2.53. The van der Waals surface area contributed by atoms with Crippen molar-refractivity contribution in [1.82, 2.24) is 0 Å². The van der Waals surface area contributed by atoms with Gasteiger partial charge in [-0.1, -0.05) is 26.2 Å². The first kappa shape index (κ1) is 18.1. The van der Waals surface area contributed by atoms with Gasteiger partial charge < -0.3 is 4.74 Å². The lowest BCUT2D eigenvalue weighted by atomic mass is 10.2. The molecule has 0 spiro atoms. The number of rotatable bonds is 7. The van der Waals surface area contributed by atoms with Crippen molar-refractivity contribution in [2.24, 2.45) is 0 Å². The Morgan fingerprint density at radius 2 is 1.63 bits per heavy atom. The van der Waals surface area contributed by atoms with Crippen LogP contribution in [0.25, 0.3) is 0 Å². The predicted molar refractivity (Wildman–Crippen MR) is 55.0 cm³/mol. The minimum atomic E-state index is -6.83. The van der Waals surface area contributed by atoms with Gasteiger partial charge >= 0.3 is 27.4 Å². The zero-order valence-corrected chi connectivity index (χ0v) is 10.8. The first-order valence-corrected chi connectivity index (χ1v) is 6.74. The average molecular weight is 312 g/mol. The van der Waals surface area contributed by atoms with Crippen molar-refractivity contribution in [3.8, 4) is 0 Å². The Kier molecular flexibility index (Phi) is 6.17. The van der Waals surface area contributed by atoms with Crippen LogP contribution in [-0.2, 0) is 19.8 Å². The maximum absolute atomic E-state index is 13.2. The van der Waals surface area contributed by atoms with E-state index in [0.29, 0.717) is 12.8 Å². The smallest absolute Gasteiger partial charge is 0.451 e. The van der Waals surface area contributed by atoms with Gasteiger partial charge in [0.1, 0.15) is 0 Å². The van der Waals surface area contributed by atoms with E-state index in [1.807, 2.05) is 6.92 Å². The summed E-state index contributed by atoms with van der Waals surface area (Å²) in [5.41, 5.74) is 0. The fraction of sp³-hybridized carbons (Fsp3) is 0.889. The average Bonchev–Trinajstić information content (AvgIpc) is 2.24. The second-order valence-corrected chi connectivity index (χ2v) is 5.17. The number of alkyl halides is 4. The number of carbonyl (C=O) groups excluding carboxylic acids is 1. The van der Waals surface area contributed by atoms with Crippen LogP contribution in [0.2, 0.25) is 0 Å². The highest BCUT2D eigenvalue weighted by Gasteiger charge is 2.73. The third-order valence-electron chi connectivity index (χ3n) is 2.19. The molecule has 0 aromatic heterocycles. The van der Waals surface area contributed by atoms with Gasteiger partial charge in [-0.15, -0.1) is 3.89 Å². The van der Waals surface area contributed by atoms with E-state index in [1.54, 1.807) is 0 Å². The van der Waals surface area contributed by atoms with Crippen LogP contribution >= 0.6 is 0 Å². The number of carbonyl (C=O) groups is 1. The highest BCUT2D eigenvalue weighted by molar-refractivity contribution is 7.88. The van der Waals surface area contributed by atoms with E-state index in [4.69, 9.17) is 0 Å². The van der Waals surface area contributed by atoms with Crippen molar-refractivity contribution in [3.05, 3.63) is 0 Å². The summed E-state index contributed by atoms with van der Waals surface area (Å²) in [6.07, 6.45) is -4.13. The molecule has 0 unspecified atom stereocenters. The molecule has 0 aliphatic rings. The standard InChI is InChI=1S/C9H13F5O4S/c1-2-3-4-5-6-18-7(15)8(10,9(11,12)13)19(14,16)17/h2-6H2,1H3/t8-/m0/s1. The molecule has 1 atom stereocenters. The maximum atomic E-state index is 13.2.